The summed E-state index contributed by atoms with van der Waals surface area (Å²) in [4.78, 5) is 23.9. The number of hydrogen-bond acceptors (Lipinski definition) is 3. The fourth-order valence-electron chi connectivity index (χ4n) is 3.72. The fourth-order valence-corrected chi connectivity index (χ4v) is 3.72. The molecule has 0 fully saturated rings. The second kappa shape index (κ2) is 9.97. The van der Waals surface area contributed by atoms with Gasteiger partial charge in [-0.2, -0.15) is 0 Å². The molecule has 5 N–H and O–H groups in total. The largest absolute Gasteiger partial charge is 0.480 e. The normalized spacial score (nSPS) is 13.0. The summed E-state index contributed by atoms with van der Waals surface area (Å²) in [5, 5.41) is 14.9. The fraction of sp³-hybridized carbons (Fsp3) is 0.348. The minimum absolute atomic E-state index is 0.0739. The van der Waals surface area contributed by atoms with Gasteiger partial charge in [0, 0.05) is 5.92 Å². The average molecular weight is 426 g/mol. The van der Waals surface area contributed by atoms with Gasteiger partial charge in [-0.3, -0.25) is 15.6 Å². The summed E-state index contributed by atoms with van der Waals surface area (Å²) < 4.78 is 7.16. The molecule has 1 atom stereocenters. The van der Waals surface area contributed by atoms with Gasteiger partial charge in [0.05, 0.1) is 20.6 Å². The van der Waals surface area contributed by atoms with E-state index in [1.807, 2.05) is 36.4 Å². The second-order valence-corrected chi connectivity index (χ2v) is 7.71. The van der Waals surface area contributed by atoms with Crippen LogP contribution < -0.4 is 16.4 Å². The molecule has 2 aromatic carbocycles. The number of hydrogen-bond donors (Lipinski definition) is 4. The molecule has 8 heteroatoms. The summed E-state index contributed by atoms with van der Waals surface area (Å²) in [5.41, 5.74) is 10.2. The molecule has 1 aliphatic rings. The smallest absolute Gasteiger partial charge is 0.407 e. The minimum Gasteiger partial charge on any atom is -0.480 e. The van der Waals surface area contributed by atoms with Crippen LogP contribution >= 0.6 is 0 Å². The number of carbonyl (C=O) groups is 2. The first-order chi connectivity index (χ1) is 14.9. The summed E-state index contributed by atoms with van der Waals surface area (Å²) in [6.07, 6.45) is 0.0455. The first kappa shape index (κ1) is 22.1. The number of benzene rings is 2. The quantitative estimate of drug-likeness (QED) is 0.222. The molecule has 1 aliphatic carbocycles. The maximum Gasteiger partial charge on any atom is 0.407 e. The molecule has 0 unspecified atom stereocenters. The number of nitrogens with one attached hydrogen (secondary N) is 2. The first-order valence-electron chi connectivity index (χ1n) is 10.3. The first-order valence-corrected chi connectivity index (χ1v) is 10.3. The standard InChI is InChI=1S/C23H28N4O4/c1-27(2)22(24)25-13-7-12-20(21(28)29)26-23(30)31-14-19-17-10-5-3-8-15(17)16-9-4-6-11-18(16)19/h3-6,8-11,19-20H,7,12-14H2,1-2H3,(H4,24,25,26,28,29,30)/p+1/t20-/m0/s1. The molecule has 2 aromatic rings. The van der Waals surface area contributed by atoms with E-state index >= 15 is 0 Å². The van der Waals surface area contributed by atoms with E-state index in [9.17, 15) is 14.7 Å². The Labute approximate surface area is 181 Å². The number of nitrogens with two attached hydrogens (primary N) is 1. The molecule has 8 nitrogen and oxygen atoms in total. The number of aliphatic carboxylic acids is 1. The van der Waals surface area contributed by atoms with Crippen molar-refractivity contribution in [3.63, 3.8) is 0 Å². The highest BCUT2D eigenvalue weighted by molar-refractivity contribution is 5.81. The lowest BCUT2D eigenvalue weighted by Gasteiger charge is -2.17. The van der Waals surface area contributed by atoms with E-state index in [2.05, 4.69) is 22.8 Å². The third-order valence-corrected chi connectivity index (χ3v) is 5.39. The van der Waals surface area contributed by atoms with Crippen molar-refractivity contribution in [2.75, 3.05) is 27.2 Å². The lowest BCUT2D eigenvalue weighted by molar-refractivity contribution is -0.467. The van der Waals surface area contributed by atoms with Gasteiger partial charge in [-0.1, -0.05) is 48.5 Å². The van der Waals surface area contributed by atoms with E-state index in [0.29, 0.717) is 18.9 Å². The third-order valence-electron chi connectivity index (χ3n) is 5.39. The van der Waals surface area contributed by atoms with Crippen molar-refractivity contribution < 1.29 is 24.0 Å². The number of fused-ring (bicyclic) bond motifs is 3. The van der Waals surface area contributed by atoms with Crippen LogP contribution in [0, 0.1) is 0 Å². The maximum absolute atomic E-state index is 12.3. The highest BCUT2D eigenvalue weighted by Crippen LogP contribution is 2.44. The van der Waals surface area contributed by atoms with Gasteiger partial charge in [0.15, 0.2) is 0 Å². The van der Waals surface area contributed by atoms with Gasteiger partial charge in [-0.15, -0.1) is 0 Å². The van der Waals surface area contributed by atoms with Gasteiger partial charge in [0.2, 0.25) is 0 Å². The zero-order valence-corrected chi connectivity index (χ0v) is 17.8. The number of carbonyl (C=O) groups excluding carboxylic acids is 1. The Kier molecular flexibility index (Phi) is 7.12. The molecule has 1 amide bonds. The summed E-state index contributed by atoms with van der Waals surface area (Å²) in [6, 6.07) is 15.1. The van der Waals surface area contributed by atoms with Gasteiger partial charge in [-0.25, -0.2) is 9.59 Å². The molecule has 0 saturated carbocycles. The molecular formula is C23H29N4O4+. The average Bonchev–Trinajstić information content (AvgIpc) is 3.07. The number of nitrogens with zero attached hydrogens (tertiary/aromatic N) is 1. The van der Waals surface area contributed by atoms with E-state index in [1.165, 1.54) is 0 Å². The van der Waals surface area contributed by atoms with Crippen molar-refractivity contribution in [2.45, 2.75) is 24.8 Å². The van der Waals surface area contributed by atoms with Crippen LogP contribution in [-0.4, -0.2) is 61.0 Å². The molecule has 0 saturated heterocycles. The van der Waals surface area contributed by atoms with Crippen LogP contribution in [0.15, 0.2) is 48.5 Å². The minimum atomic E-state index is -1.10. The molecule has 3 rings (SSSR count). The van der Waals surface area contributed by atoms with E-state index in [0.717, 1.165) is 22.3 Å². The van der Waals surface area contributed by atoms with E-state index in [-0.39, 0.29) is 18.9 Å². The van der Waals surface area contributed by atoms with E-state index in [4.69, 9.17) is 10.5 Å². The van der Waals surface area contributed by atoms with E-state index < -0.39 is 18.1 Å². The van der Waals surface area contributed by atoms with Crippen molar-refractivity contribution in [3.8, 4) is 11.1 Å². The zero-order valence-electron chi connectivity index (χ0n) is 17.8. The highest BCUT2D eigenvalue weighted by atomic mass is 16.5. The molecule has 0 spiro atoms. The SMILES string of the molecule is C[N+](C)=C(N)NCCC[C@H](NC(=O)OCC1c2ccccc2-c2ccccc21)C(=O)O. The summed E-state index contributed by atoms with van der Waals surface area (Å²) in [6.45, 7) is 0.641. The molecule has 31 heavy (non-hydrogen) atoms. The van der Waals surface area contributed by atoms with Crippen LogP contribution in [0.4, 0.5) is 4.79 Å². The van der Waals surface area contributed by atoms with Gasteiger partial charge in [-0.05, 0) is 35.1 Å². The van der Waals surface area contributed by atoms with Crippen LogP contribution in [-0.2, 0) is 9.53 Å². The predicted octanol–water partition coefficient (Wildman–Crippen LogP) is 1.93. The number of alkyl carbamates (subject to hydrolysis) is 1. The second-order valence-electron chi connectivity index (χ2n) is 7.71. The Morgan fingerprint density at radius 1 is 1.10 bits per heavy atom. The molecule has 164 valence electrons. The van der Waals surface area contributed by atoms with Gasteiger partial charge < -0.3 is 15.2 Å². The summed E-state index contributed by atoms with van der Waals surface area (Å²) >= 11 is 0. The lowest BCUT2D eigenvalue weighted by atomic mass is 9.98. The number of ether oxygens (including phenoxy) is 1. The number of carboxylic acids is 1. The molecule has 0 radical (unpaired) electrons. The number of amides is 1. The van der Waals surface area contributed by atoms with Crippen LogP contribution in [0.5, 0.6) is 0 Å². The van der Waals surface area contributed by atoms with Gasteiger partial charge in [0.1, 0.15) is 12.6 Å². The van der Waals surface area contributed by atoms with Crippen molar-refractivity contribution >= 4 is 18.0 Å². The Hall–Kier alpha value is -3.55. The van der Waals surface area contributed by atoms with Crippen molar-refractivity contribution in [2.24, 2.45) is 5.73 Å². The molecule has 0 heterocycles. The summed E-state index contributed by atoms with van der Waals surface area (Å²) in [7, 11) is 3.61. The van der Waals surface area contributed by atoms with Crippen LogP contribution in [0.25, 0.3) is 11.1 Å². The summed E-state index contributed by atoms with van der Waals surface area (Å²) in [5.74, 6) is -0.676. The van der Waals surface area contributed by atoms with Crippen LogP contribution in [0.3, 0.4) is 0 Å². The maximum atomic E-state index is 12.3. The van der Waals surface area contributed by atoms with Gasteiger partial charge >= 0.3 is 18.0 Å². The Balaban J connectivity index is 1.55. The van der Waals surface area contributed by atoms with E-state index in [1.54, 1.807) is 18.7 Å². The van der Waals surface area contributed by atoms with Gasteiger partial charge in [0.25, 0.3) is 0 Å². The number of guanidine groups is 1. The molecular weight excluding hydrogens is 396 g/mol. The number of carboxylic acid groups (broad SMARTS) is 1. The molecule has 0 aliphatic heterocycles. The topological polar surface area (TPSA) is 117 Å². The Morgan fingerprint density at radius 2 is 1.68 bits per heavy atom. The zero-order chi connectivity index (χ0) is 22.4. The Bertz CT molecular complexity index is 940. The van der Waals surface area contributed by atoms with Crippen LogP contribution in [0.1, 0.15) is 29.9 Å². The highest BCUT2D eigenvalue weighted by Gasteiger charge is 2.29. The van der Waals surface area contributed by atoms with Crippen LogP contribution in [0.2, 0.25) is 0 Å². The number of rotatable bonds is 8. The molecule has 0 bridgehead atoms. The predicted molar refractivity (Wildman–Crippen MR) is 118 cm³/mol. The molecule has 0 aromatic heterocycles. The van der Waals surface area contributed by atoms with Crippen molar-refractivity contribution in [1.82, 2.24) is 10.6 Å². The monoisotopic (exact) mass is 425 g/mol. The Morgan fingerprint density at radius 3 is 2.23 bits per heavy atom. The van der Waals surface area contributed by atoms with Crippen molar-refractivity contribution in [1.29, 1.82) is 0 Å². The third kappa shape index (κ3) is 5.33. The van der Waals surface area contributed by atoms with Crippen molar-refractivity contribution in [3.05, 3.63) is 59.7 Å². The lowest BCUT2D eigenvalue weighted by Crippen LogP contribution is -2.43.